The molecule has 0 aromatic carbocycles. The molecule has 0 aromatic rings. The third-order valence-corrected chi connectivity index (χ3v) is 4.54. The van der Waals surface area contributed by atoms with Crippen LogP contribution in [0.4, 0.5) is 0 Å². The zero-order chi connectivity index (χ0) is 17.1. The standard InChI is InChI=1S/C15H20N4O2S/c1-8(2)18-12(20)9(3)22-14-11(7-17)15(4,5)10(6-16)13(21)19-14/h8-10H,1-5H3,(H,18,20)(H,19,21)/t9-,10-/m1/s1. The molecule has 1 aliphatic rings. The van der Waals surface area contributed by atoms with Crippen LogP contribution in [0.5, 0.6) is 0 Å². The van der Waals surface area contributed by atoms with Crippen LogP contribution >= 0.6 is 11.8 Å². The van der Waals surface area contributed by atoms with Crippen LogP contribution in [-0.2, 0) is 9.59 Å². The summed E-state index contributed by atoms with van der Waals surface area (Å²) in [5.74, 6) is -1.53. The Hall–Kier alpha value is -1.99. The molecule has 1 rings (SSSR count). The molecule has 1 heterocycles. The summed E-state index contributed by atoms with van der Waals surface area (Å²) in [6.45, 7) is 8.81. The molecule has 1 aliphatic heterocycles. The molecular formula is C15H20N4O2S. The molecule has 0 fully saturated rings. The lowest BCUT2D eigenvalue weighted by molar-refractivity contribution is -0.125. The van der Waals surface area contributed by atoms with Crippen LogP contribution in [0.3, 0.4) is 0 Å². The van der Waals surface area contributed by atoms with Gasteiger partial charge in [0.2, 0.25) is 11.8 Å². The second-order valence-electron chi connectivity index (χ2n) is 6.01. The Labute approximate surface area is 134 Å². The lowest BCUT2D eigenvalue weighted by Gasteiger charge is -2.35. The maximum atomic E-state index is 12.1. The van der Waals surface area contributed by atoms with E-state index in [2.05, 4.69) is 16.7 Å². The Bertz CT molecular complexity index is 596. The molecule has 2 N–H and O–H groups in total. The first-order chi connectivity index (χ1) is 10.1. The van der Waals surface area contributed by atoms with Gasteiger partial charge in [-0.3, -0.25) is 9.59 Å². The van der Waals surface area contributed by atoms with Gasteiger partial charge in [-0.25, -0.2) is 0 Å². The first kappa shape index (κ1) is 18.1. The largest absolute Gasteiger partial charge is 0.353 e. The summed E-state index contributed by atoms with van der Waals surface area (Å²) >= 11 is 1.13. The van der Waals surface area contributed by atoms with Crippen molar-refractivity contribution in [3.63, 3.8) is 0 Å². The third kappa shape index (κ3) is 3.61. The third-order valence-electron chi connectivity index (χ3n) is 3.43. The molecule has 7 heteroatoms. The Morgan fingerprint density at radius 2 is 1.95 bits per heavy atom. The number of hydrogen-bond acceptors (Lipinski definition) is 5. The first-order valence-electron chi connectivity index (χ1n) is 6.97. The second-order valence-corrected chi connectivity index (χ2v) is 7.36. The number of nitrogens with zero attached hydrogens (tertiary/aromatic N) is 2. The van der Waals surface area contributed by atoms with E-state index in [1.807, 2.05) is 19.9 Å². The van der Waals surface area contributed by atoms with Crippen molar-refractivity contribution in [2.24, 2.45) is 11.3 Å². The molecule has 118 valence electrons. The van der Waals surface area contributed by atoms with Crippen LogP contribution in [0.15, 0.2) is 10.6 Å². The zero-order valence-electron chi connectivity index (χ0n) is 13.4. The molecule has 0 saturated carbocycles. The van der Waals surface area contributed by atoms with Crippen molar-refractivity contribution in [3.05, 3.63) is 10.6 Å². The fourth-order valence-corrected chi connectivity index (χ4v) is 3.26. The first-order valence-corrected chi connectivity index (χ1v) is 7.85. The van der Waals surface area contributed by atoms with Crippen LogP contribution in [0, 0.1) is 34.0 Å². The van der Waals surface area contributed by atoms with Crippen LogP contribution in [0.25, 0.3) is 0 Å². The van der Waals surface area contributed by atoms with E-state index in [1.165, 1.54) is 0 Å². The van der Waals surface area contributed by atoms with E-state index in [1.54, 1.807) is 20.8 Å². The van der Waals surface area contributed by atoms with Gasteiger partial charge in [0, 0.05) is 11.5 Å². The van der Waals surface area contributed by atoms with Gasteiger partial charge in [0.05, 0.1) is 28.0 Å². The van der Waals surface area contributed by atoms with E-state index in [4.69, 9.17) is 5.26 Å². The lowest BCUT2D eigenvalue weighted by Crippen LogP contribution is -2.45. The zero-order valence-corrected chi connectivity index (χ0v) is 14.2. The van der Waals surface area contributed by atoms with E-state index < -0.39 is 22.5 Å². The molecule has 0 unspecified atom stereocenters. The van der Waals surface area contributed by atoms with Gasteiger partial charge < -0.3 is 10.6 Å². The summed E-state index contributed by atoms with van der Waals surface area (Å²) in [5.41, 5.74) is -0.560. The highest BCUT2D eigenvalue weighted by Crippen LogP contribution is 2.42. The Balaban J connectivity index is 3.09. The summed E-state index contributed by atoms with van der Waals surface area (Å²) in [7, 11) is 0. The molecular weight excluding hydrogens is 300 g/mol. The molecule has 6 nitrogen and oxygen atoms in total. The molecule has 0 radical (unpaired) electrons. The van der Waals surface area contributed by atoms with Crippen molar-refractivity contribution >= 4 is 23.6 Å². The smallest absolute Gasteiger partial charge is 0.243 e. The van der Waals surface area contributed by atoms with Crippen molar-refractivity contribution in [1.82, 2.24) is 10.6 Å². The number of nitrogens with one attached hydrogen (secondary N) is 2. The summed E-state index contributed by atoms with van der Waals surface area (Å²) in [5, 5.41) is 23.8. The number of hydrogen-bond donors (Lipinski definition) is 2. The average molecular weight is 320 g/mol. The van der Waals surface area contributed by atoms with Crippen LogP contribution in [-0.4, -0.2) is 23.1 Å². The van der Waals surface area contributed by atoms with Gasteiger partial charge in [-0.2, -0.15) is 10.5 Å². The van der Waals surface area contributed by atoms with Crippen LogP contribution in [0.2, 0.25) is 0 Å². The minimum atomic E-state index is -0.925. The molecule has 0 saturated heterocycles. The molecule has 2 amide bonds. The second kappa shape index (κ2) is 6.85. The number of carbonyl (C=O) groups excluding carboxylic acids is 2. The maximum Gasteiger partial charge on any atom is 0.243 e. The van der Waals surface area contributed by atoms with Gasteiger partial charge in [-0.05, 0) is 20.8 Å². The highest BCUT2D eigenvalue weighted by molar-refractivity contribution is 8.04. The topological polar surface area (TPSA) is 106 Å². The van der Waals surface area contributed by atoms with Crippen LogP contribution in [0.1, 0.15) is 34.6 Å². The predicted molar refractivity (Wildman–Crippen MR) is 84.0 cm³/mol. The number of carbonyl (C=O) groups is 2. The van der Waals surface area contributed by atoms with Gasteiger partial charge >= 0.3 is 0 Å². The fourth-order valence-electron chi connectivity index (χ4n) is 2.15. The number of nitriles is 2. The quantitative estimate of drug-likeness (QED) is 0.819. The van der Waals surface area contributed by atoms with Gasteiger partial charge in [-0.1, -0.05) is 25.6 Å². The summed E-state index contributed by atoms with van der Waals surface area (Å²) in [4.78, 5) is 24.0. The molecule has 22 heavy (non-hydrogen) atoms. The van der Waals surface area contributed by atoms with Gasteiger partial charge in [0.1, 0.15) is 5.92 Å². The van der Waals surface area contributed by atoms with Gasteiger partial charge in [-0.15, -0.1) is 0 Å². The minimum absolute atomic E-state index is 0.0142. The van der Waals surface area contributed by atoms with Crippen molar-refractivity contribution < 1.29 is 9.59 Å². The fraction of sp³-hybridized carbons (Fsp3) is 0.600. The van der Waals surface area contributed by atoms with Crippen molar-refractivity contribution in [2.45, 2.75) is 45.9 Å². The Morgan fingerprint density at radius 1 is 1.36 bits per heavy atom. The molecule has 0 spiro atoms. The normalized spacial score (nSPS) is 21.6. The molecule has 0 aromatic heterocycles. The van der Waals surface area contributed by atoms with E-state index in [0.29, 0.717) is 10.6 Å². The van der Waals surface area contributed by atoms with Crippen molar-refractivity contribution in [3.8, 4) is 12.1 Å². The number of thioether (sulfide) groups is 1. The highest BCUT2D eigenvalue weighted by Gasteiger charge is 2.45. The van der Waals surface area contributed by atoms with Crippen molar-refractivity contribution in [1.29, 1.82) is 10.5 Å². The van der Waals surface area contributed by atoms with E-state index in [9.17, 15) is 14.9 Å². The van der Waals surface area contributed by atoms with E-state index in [-0.39, 0.29) is 11.9 Å². The number of allylic oxidation sites excluding steroid dienone is 1. The Morgan fingerprint density at radius 3 is 2.41 bits per heavy atom. The molecule has 0 aliphatic carbocycles. The van der Waals surface area contributed by atoms with Crippen LogP contribution < -0.4 is 10.6 Å². The molecule has 0 bridgehead atoms. The minimum Gasteiger partial charge on any atom is -0.353 e. The highest BCUT2D eigenvalue weighted by atomic mass is 32.2. The summed E-state index contributed by atoms with van der Waals surface area (Å²) < 4.78 is 0. The average Bonchev–Trinajstić information content (AvgIpc) is 2.37. The van der Waals surface area contributed by atoms with E-state index >= 15 is 0 Å². The lowest BCUT2D eigenvalue weighted by atomic mass is 9.72. The monoisotopic (exact) mass is 320 g/mol. The summed E-state index contributed by atoms with van der Waals surface area (Å²) in [6.07, 6.45) is 0. The van der Waals surface area contributed by atoms with Crippen molar-refractivity contribution in [2.75, 3.05) is 0 Å². The summed E-state index contributed by atoms with van der Waals surface area (Å²) in [6, 6.07) is 4.03. The number of amides is 2. The van der Waals surface area contributed by atoms with Gasteiger partial charge in [0.15, 0.2) is 0 Å². The Kier molecular flexibility index (Phi) is 5.62. The molecule has 2 atom stereocenters. The number of rotatable bonds is 4. The predicted octanol–water partition coefficient (Wildman–Crippen LogP) is 1.66. The maximum absolute atomic E-state index is 12.1. The van der Waals surface area contributed by atoms with E-state index in [0.717, 1.165) is 11.8 Å². The van der Waals surface area contributed by atoms with Gasteiger partial charge in [0.25, 0.3) is 0 Å². The SMILES string of the molecule is CC(C)NC(=O)[C@@H](C)SC1=C(C#N)C(C)(C)[C@H](C#N)C(=O)N1.